The van der Waals surface area contributed by atoms with E-state index in [4.69, 9.17) is 13.9 Å². The van der Waals surface area contributed by atoms with Gasteiger partial charge in [0.1, 0.15) is 22.8 Å². The van der Waals surface area contributed by atoms with Gasteiger partial charge in [0.05, 0.1) is 36.2 Å². The highest BCUT2D eigenvalue weighted by molar-refractivity contribution is 9.12. The molecule has 1 aliphatic heterocycles. The molecule has 1 aromatic heterocycles. The molecule has 10 nitrogen and oxygen atoms in total. The highest BCUT2D eigenvalue weighted by atomic mass is 79.9. The number of para-hydroxylation sites is 2. The molecule has 0 radical (unpaired) electrons. The molecule has 0 spiro atoms. The zero-order chi connectivity index (χ0) is 33.4. The van der Waals surface area contributed by atoms with Crippen molar-refractivity contribution in [2.75, 3.05) is 19.1 Å². The first-order valence-corrected chi connectivity index (χ1v) is 16.2. The van der Waals surface area contributed by atoms with Gasteiger partial charge in [-0.3, -0.25) is 24.1 Å². The minimum atomic E-state index is -0.888. The number of carbonyl (C=O) groups is 4. The number of Topliss-reactive ketones (excluding diaryl/α,β-unsaturated/α-hetero) is 1. The van der Waals surface area contributed by atoms with Crippen molar-refractivity contribution in [1.29, 1.82) is 0 Å². The number of amides is 2. The maximum atomic E-state index is 14.3. The minimum Gasteiger partial charge on any atom is -0.507 e. The van der Waals surface area contributed by atoms with Gasteiger partial charge < -0.3 is 19.0 Å². The van der Waals surface area contributed by atoms with E-state index in [0.717, 1.165) is 5.52 Å². The van der Waals surface area contributed by atoms with Gasteiger partial charge in [-0.05, 0) is 71.1 Å². The number of nitrogens with zero attached hydrogens (tertiary/aromatic N) is 2. The largest absolute Gasteiger partial charge is 0.507 e. The third-order valence-electron chi connectivity index (χ3n) is 9.84. The lowest BCUT2D eigenvalue weighted by Crippen LogP contribution is -2.39. The molecule has 1 N–H and O–H groups in total. The van der Waals surface area contributed by atoms with Crippen LogP contribution in [0, 0.1) is 17.8 Å². The molecule has 0 unspecified atom stereocenters. The molecule has 2 amide bonds. The molecule has 240 valence electrons. The van der Waals surface area contributed by atoms with Crippen molar-refractivity contribution in [1.82, 2.24) is 4.98 Å². The van der Waals surface area contributed by atoms with E-state index in [1.165, 1.54) is 31.3 Å². The lowest BCUT2D eigenvalue weighted by Gasteiger charge is -2.42. The number of ketones is 2. The van der Waals surface area contributed by atoms with Crippen LogP contribution in [0.25, 0.3) is 22.6 Å². The third kappa shape index (κ3) is 4.41. The molecule has 3 aromatic carbocycles. The SMILES string of the molecule is COc1cc(O)c([C@H]2C3=CC[C@@H]4C(=O)N(c5ccc(-c6nc7ccccc7o6)cc5)C(=O)[C@@H]4[C@@H]3CC3=C2C(=O)C=C(Br)C3=O)c(OC)c1. The summed E-state index contributed by atoms with van der Waals surface area (Å²) in [4.78, 5) is 61.2. The smallest absolute Gasteiger partial charge is 0.238 e. The summed E-state index contributed by atoms with van der Waals surface area (Å²) < 4.78 is 17.0. The van der Waals surface area contributed by atoms with Gasteiger partial charge in [-0.1, -0.05) is 23.8 Å². The number of oxazole rings is 1. The van der Waals surface area contributed by atoms with Crippen LogP contribution in [0.4, 0.5) is 5.69 Å². The summed E-state index contributed by atoms with van der Waals surface area (Å²) in [7, 11) is 2.90. The maximum Gasteiger partial charge on any atom is 0.238 e. The number of imide groups is 1. The van der Waals surface area contributed by atoms with E-state index >= 15 is 0 Å². The number of allylic oxidation sites excluding steroid dienone is 6. The van der Waals surface area contributed by atoms with Crippen LogP contribution in [0.5, 0.6) is 17.2 Å². The van der Waals surface area contributed by atoms with Crippen LogP contribution in [0.2, 0.25) is 0 Å². The number of methoxy groups -OCH3 is 2. The van der Waals surface area contributed by atoms with Gasteiger partial charge >= 0.3 is 0 Å². The molecule has 11 heteroatoms. The first-order chi connectivity index (χ1) is 23.2. The number of ether oxygens (including phenoxy) is 2. The fourth-order valence-corrected chi connectivity index (χ4v) is 8.15. The molecule has 4 aromatic rings. The predicted molar refractivity (Wildman–Crippen MR) is 178 cm³/mol. The van der Waals surface area contributed by atoms with Crippen LogP contribution in [0.1, 0.15) is 24.3 Å². The summed E-state index contributed by atoms with van der Waals surface area (Å²) >= 11 is 3.24. The number of carbonyl (C=O) groups excluding carboxylic acids is 4. The second kappa shape index (κ2) is 11.2. The molecule has 0 saturated carbocycles. The van der Waals surface area contributed by atoms with Crippen LogP contribution in [-0.2, 0) is 19.2 Å². The Balaban J connectivity index is 1.19. The Morgan fingerprint density at radius 3 is 2.46 bits per heavy atom. The first-order valence-electron chi connectivity index (χ1n) is 15.4. The van der Waals surface area contributed by atoms with Crippen LogP contribution in [0.3, 0.4) is 0 Å². The Morgan fingerprint density at radius 1 is 0.958 bits per heavy atom. The average molecular weight is 708 g/mol. The number of hydrogen-bond donors (Lipinski definition) is 1. The van der Waals surface area contributed by atoms with Crippen molar-refractivity contribution in [2.45, 2.75) is 18.8 Å². The normalized spacial score (nSPS) is 23.5. The number of aromatic hydroxyl groups is 1. The Hall–Kier alpha value is -5.29. The summed E-state index contributed by atoms with van der Waals surface area (Å²) in [5.74, 6) is -3.55. The van der Waals surface area contributed by atoms with Crippen molar-refractivity contribution in [3.05, 3.63) is 99.6 Å². The monoisotopic (exact) mass is 706 g/mol. The van der Waals surface area contributed by atoms with E-state index < -0.39 is 23.7 Å². The van der Waals surface area contributed by atoms with Gasteiger partial charge in [-0.2, -0.15) is 0 Å². The topological polar surface area (TPSA) is 136 Å². The summed E-state index contributed by atoms with van der Waals surface area (Å²) in [5, 5.41) is 11.3. The van der Waals surface area contributed by atoms with Gasteiger partial charge in [0, 0.05) is 46.4 Å². The van der Waals surface area contributed by atoms with Crippen molar-refractivity contribution >= 4 is 56.1 Å². The van der Waals surface area contributed by atoms with Gasteiger partial charge in [0.15, 0.2) is 17.1 Å². The van der Waals surface area contributed by atoms with Gasteiger partial charge in [0.2, 0.25) is 17.7 Å². The van der Waals surface area contributed by atoms with Crippen molar-refractivity contribution in [2.24, 2.45) is 17.8 Å². The molecule has 1 fully saturated rings. The first kappa shape index (κ1) is 30.1. The zero-order valence-corrected chi connectivity index (χ0v) is 27.3. The van der Waals surface area contributed by atoms with E-state index in [9.17, 15) is 24.3 Å². The lowest BCUT2D eigenvalue weighted by molar-refractivity contribution is -0.123. The average Bonchev–Trinajstić information content (AvgIpc) is 3.64. The quantitative estimate of drug-likeness (QED) is 0.146. The van der Waals surface area contributed by atoms with Crippen molar-refractivity contribution in [3.8, 4) is 28.7 Å². The van der Waals surface area contributed by atoms with E-state index in [-0.39, 0.29) is 68.9 Å². The number of fused-ring (bicyclic) bond motifs is 4. The number of benzene rings is 3. The fourth-order valence-electron chi connectivity index (χ4n) is 7.71. The van der Waals surface area contributed by atoms with Crippen molar-refractivity contribution in [3.63, 3.8) is 0 Å². The second-order valence-corrected chi connectivity index (χ2v) is 13.1. The lowest BCUT2D eigenvalue weighted by atomic mass is 9.59. The number of phenols is 1. The predicted octanol–water partition coefficient (Wildman–Crippen LogP) is 6.18. The Bertz CT molecular complexity index is 2160. The van der Waals surface area contributed by atoms with Crippen LogP contribution in [0.15, 0.2) is 98.4 Å². The van der Waals surface area contributed by atoms with E-state index in [0.29, 0.717) is 34.0 Å². The van der Waals surface area contributed by atoms with Gasteiger partial charge in [0.25, 0.3) is 0 Å². The standard InChI is InChI=1S/C37H27BrN2O8/c1-46-19-13-26(41)33(29(14-19)47-2)32-20-11-12-21-30(22(20)15-23-31(32)27(42)16-24(38)34(23)43)37(45)40(36(21)44)18-9-7-17(8-10-18)35-39-25-5-3-4-6-28(25)48-35/h3-11,13-14,16,21-22,30,32,41H,12,15H2,1-2H3/t21-,22+,30-,32-/m0/s1. The maximum absolute atomic E-state index is 14.3. The molecular weight excluding hydrogens is 680 g/mol. The summed E-state index contributed by atoms with van der Waals surface area (Å²) in [6.45, 7) is 0. The number of hydrogen-bond acceptors (Lipinski definition) is 9. The number of anilines is 1. The Morgan fingerprint density at radius 2 is 1.73 bits per heavy atom. The zero-order valence-electron chi connectivity index (χ0n) is 25.7. The summed E-state index contributed by atoms with van der Waals surface area (Å²) in [6, 6.07) is 17.4. The number of phenolic OH excluding ortho intramolecular Hbond substituents is 1. The molecule has 1 saturated heterocycles. The molecular formula is C37H27BrN2O8. The highest BCUT2D eigenvalue weighted by Gasteiger charge is 2.57. The number of rotatable bonds is 5. The molecule has 2 heterocycles. The molecule has 0 bridgehead atoms. The van der Waals surface area contributed by atoms with Crippen LogP contribution >= 0.6 is 15.9 Å². The van der Waals surface area contributed by atoms with E-state index in [1.807, 2.05) is 30.3 Å². The summed E-state index contributed by atoms with van der Waals surface area (Å²) in [6.07, 6.45) is 3.47. The Kier molecular flexibility index (Phi) is 6.99. The molecule has 48 heavy (non-hydrogen) atoms. The Labute approximate surface area is 282 Å². The van der Waals surface area contributed by atoms with E-state index in [1.54, 1.807) is 30.3 Å². The van der Waals surface area contributed by atoms with E-state index in [2.05, 4.69) is 20.9 Å². The van der Waals surface area contributed by atoms with Gasteiger partial charge in [-0.15, -0.1) is 0 Å². The second-order valence-electron chi connectivity index (χ2n) is 12.2. The summed E-state index contributed by atoms with van der Waals surface area (Å²) in [5.41, 5.74) is 3.94. The minimum absolute atomic E-state index is 0.0924. The fraction of sp³-hybridized carbons (Fsp3) is 0.216. The molecule has 4 aliphatic rings. The molecule has 8 rings (SSSR count). The van der Waals surface area contributed by atoms with Crippen molar-refractivity contribution < 1.29 is 38.2 Å². The van der Waals surface area contributed by atoms with Gasteiger partial charge in [-0.25, -0.2) is 4.98 Å². The molecule has 3 aliphatic carbocycles. The third-order valence-corrected chi connectivity index (χ3v) is 10.4. The highest BCUT2D eigenvalue weighted by Crippen LogP contribution is 2.58. The molecule has 4 atom stereocenters. The van der Waals surface area contributed by atoms with Crippen LogP contribution in [-0.4, -0.2) is 47.7 Å². The number of halogens is 1. The van der Waals surface area contributed by atoms with Crippen LogP contribution < -0.4 is 14.4 Å². The number of aromatic nitrogens is 1.